The number of nitrogens with two attached hydrogens (primary N) is 1. The molecule has 0 amide bonds. The molecule has 0 saturated heterocycles. The van der Waals surface area contributed by atoms with Gasteiger partial charge in [-0.2, -0.15) is 5.10 Å². The minimum absolute atomic E-state index is 0.0282. The Hall–Kier alpha value is -2.63. The summed E-state index contributed by atoms with van der Waals surface area (Å²) in [5, 5.41) is 4.28. The second-order valence-electron chi connectivity index (χ2n) is 4.84. The first-order valence-corrected chi connectivity index (χ1v) is 7.14. The van der Waals surface area contributed by atoms with Gasteiger partial charge < -0.3 is 10.5 Å². The van der Waals surface area contributed by atoms with Crippen LogP contribution in [0.1, 0.15) is 29.8 Å². The van der Waals surface area contributed by atoms with Gasteiger partial charge in [0.05, 0.1) is 6.61 Å². The third-order valence-corrected chi connectivity index (χ3v) is 3.30. The average Bonchev–Trinajstić information content (AvgIpc) is 2.50. The van der Waals surface area contributed by atoms with Gasteiger partial charge in [0, 0.05) is 12.1 Å². The maximum Gasteiger partial charge on any atom is 0.342 e. The van der Waals surface area contributed by atoms with Crippen LogP contribution in [0.25, 0.3) is 11.3 Å². The Balaban J connectivity index is 2.74. The number of benzene rings is 1. The van der Waals surface area contributed by atoms with Gasteiger partial charge in [0.1, 0.15) is 16.9 Å². The zero-order valence-corrected chi connectivity index (χ0v) is 12.9. The number of esters is 1. The number of aryl methyl sites for hydroxylation is 2. The minimum atomic E-state index is -0.636. The van der Waals surface area contributed by atoms with Crippen LogP contribution in [-0.4, -0.2) is 22.4 Å². The van der Waals surface area contributed by atoms with E-state index in [9.17, 15) is 9.59 Å². The highest BCUT2D eigenvalue weighted by Gasteiger charge is 2.23. The van der Waals surface area contributed by atoms with Gasteiger partial charge in [0.25, 0.3) is 5.56 Å². The van der Waals surface area contributed by atoms with E-state index in [1.54, 1.807) is 13.8 Å². The van der Waals surface area contributed by atoms with Crippen molar-refractivity contribution in [2.24, 2.45) is 0 Å². The Morgan fingerprint density at radius 3 is 2.45 bits per heavy atom. The Bertz CT molecular complexity index is 748. The molecule has 0 atom stereocenters. The topological polar surface area (TPSA) is 87.2 Å². The van der Waals surface area contributed by atoms with Crippen LogP contribution >= 0.6 is 0 Å². The first-order chi connectivity index (χ1) is 10.5. The van der Waals surface area contributed by atoms with E-state index >= 15 is 0 Å². The maximum atomic E-state index is 12.2. The van der Waals surface area contributed by atoms with Crippen LogP contribution in [0.3, 0.4) is 0 Å². The second-order valence-corrected chi connectivity index (χ2v) is 4.84. The van der Waals surface area contributed by atoms with Gasteiger partial charge in [-0.05, 0) is 20.8 Å². The quantitative estimate of drug-likeness (QED) is 0.873. The summed E-state index contributed by atoms with van der Waals surface area (Å²) in [5.41, 5.74) is 7.45. The predicted molar refractivity (Wildman–Crippen MR) is 84.7 cm³/mol. The van der Waals surface area contributed by atoms with Gasteiger partial charge in [0.2, 0.25) is 0 Å². The normalized spacial score (nSPS) is 10.5. The van der Waals surface area contributed by atoms with E-state index in [0.29, 0.717) is 17.8 Å². The largest absolute Gasteiger partial charge is 0.462 e. The molecule has 6 nitrogen and oxygen atoms in total. The van der Waals surface area contributed by atoms with Gasteiger partial charge >= 0.3 is 5.97 Å². The zero-order chi connectivity index (χ0) is 16.3. The fraction of sp³-hybridized carbons (Fsp3) is 0.312. The monoisotopic (exact) mass is 301 g/mol. The Kier molecular flexibility index (Phi) is 4.60. The molecule has 1 aromatic heterocycles. The second kappa shape index (κ2) is 6.43. The number of hydrogen-bond donors (Lipinski definition) is 1. The molecule has 6 heteroatoms. The summed E-state index contributed by atoms with van der Waals surface area (Å²) in [6.45, 7) is 6.01. The molecule has 116 valence electrons. The molecule has 0 fully saturated rings. The van der Waals surface area contributed by atoms with Crippen molar-refractivity contribution in [3.05, 3.63) is 45.7 Å². The van der Waals surface area contributed by atoms with Crippen molar-refractivity contribution in [2.75, 3.05) is 12.3 Å². The van der Waals surface area contributed by atoms with E-state index in [1.165, 1.54) is 4.68 Å². The number of rotatable bonds is 4. The summed E-state index contributed by atoms with van der Waals surface area (Å²) >= 11 is 0. The third kappa shape index (κ3) is 2.86. The molecule has 1 heterocycles. The highest BCUT2D eigenvalue weighted by molar-refractivity contribution is 6.01. The van der Waals surface area contributed by atoms with E-state index in [1.807, 2.05) is 31.2 Å². The van der Waals surface area contributed by atoms with Crippen LogP contribution in [0, 0.1) is 6.92 Å². The molecule has 2 N–H and O–H groups in total. The number of carbonyl (C=O) groups excluding carboxylic acids is 1. The van der Waals surface area contributed by atoms with E-state index in [-0.39, 0.29) is 17.9 Å². The molecule has 1 aromatic carbocycles. The van der Waals surface area contributed by atoms with Gasteiger partial charge in [0.15, 0.2) is 0 Å². The van der Waals surface area contributed by atoms with E-state index < -0.39 is 11.5 Å². The van der Waals surface area contributed by atoms with Gasteiger partial charge in [-0.25, -0.2) is 9.48 Å². The highest BCUT2D eigenvalue weighted by atomic mass is 16.5. The number of aromatic nitrogens is 2. The molecule has 2 aromatic rings. The number of carbonyl (C=O) groups is 1. The lowest BCUT2D eigenvalue weighted by atomic mass is 10.0. The maximum absolute atomic E-state index is 12.2. The van der Waals surface area contributed by atoms with E-state index in [2.05, 4.69) is 5.10 Å². The number of nitrogen functional groups attached to an aromatic ring is 1. The van der Waals surface area contributed by atoms with Crippen LogP contribution in [0.5, 0.6) is 0 Å². The lowest BCUT2D eigenvalue weighted by Gasteiger charge is -2.13. The average molecular weight is 301 g/mol. The van der Waals surface area contributed by atoms with E-state index in [0.717, 1.165) is 5.56 Å². The summed E-state index contributed by atoms with van der Waals surface area (Å²) in [6, 6.07) is 7.49. The Morgan fingerprint density at radius 1 is 1.27 bits per heavy atom. The number of ether oxygens (including phenoxy) is 1. The van der Waals surface area contributed by atoms with Crippen molar-refractivity contribution < 1.29 is 9.53 Å². The molecular formula is C16H19N3O3. The van der Waals surface area contributed by atoms with Crippen molar-refractivity contribution >= 4 is 11.7 Å². The molecule has 0 radical (unpaired) electrons. The van der Waals surface area contributed by atoms with Crippen LogP contribution in [-0.2, 0) is 11.3 Å². The van der Waals surface area contributed by atoms with Crippen LogP contribution in [0.2, 0.25) is 0 Å². The first-order valence-electron chi connectivity index (χ1n) is 7.14. The molecule has 0 bridgehead atoms. The summed E-state index contributed by atoms with van der Waals surface area (Å²) in [5.74, 6) is -0.636. The molecule has 0 saturated carbocycles. The van der Waals surface area contributed by atoms with E-state index in [4.69, 9.17) is 10.5 Å². The highest BCUT2D eigenvalue weighted by Crippen LogP contribution is 2.24. The SMILES string of the molecule is CCOC(=O)c1c(-c2ccc(C)cc2)nn(CC)c(=O)c1N. The van der Waals surface area contributed by atoms with Gasteiger partial charge in [-0.1, -0.05) is 29.8 Å². The molecule has 0 aliphatic heterocycles. The third-order valence-electron chi connectivity index (χ3n) is 3.30. The first kappa shape index (κ1) is 15.8. The molecule has 0 aliphatic carbocycles. The predicted octanol–water partition coefficient (Wildman–Crippen LogP) is 2.00. The van der Waals surface area contributed by atoms with Crippen molar-refractivity contribution in [1.29, 1.82) is 0 Å². The van der Waals surface area contributed by atoms with Crippen molar-refractivity contribution in [3.63, 3.8) is 0 Å². The molecule has 0 unspecified atom stereocenters. The number of nitrogens with zero attached hydrogens (tertiary/aromatic N) is 2. The standard InChI is InChI=1S/C16H19N3O3/c1-4-19-15(20)13(17)12(16(21)22-5-2)14(18-19)11-8-6-10(3)7-9-11/h6-9H,4-5,17H2,1-3H3. The fourth-order valence-electron chi connectivity index (χ4n) is 2.13. The summed E-state index contributed by atoms with van der Waals surface area (Å²) < 4.78 is 6.26. The number of hydrogen-bond acceptors (Lipinski definition) is 5. The molecule has 2 rings (SSSR count). The van der Waals surface area contributed by atoms with Crippen molar-refractivity contribution in [1.82, 2.24) is 9.78 Å². The molecule has 0 aliphatic rings. The molecule has 22 heavy (non-hydrogen) atoms. The summed E-state index contributed by atoms with van der Waals surface area (Å²) in [4.78, 5) is 24.3. The molecular weight excluding hydrogens is 282 g/mol. The summed E-state index contributed by atoms with van der Waals surface area (Å²) in [6.07, 6.45) is 0. The van der Waals surface area contributed by atoms with Gasteiger partial charge in [-0.15, -0.1) is 0 Å². The lowest BCUT2D eigenvalue weighted by molar-refractivity contribution is 0.0527. The Morgan fingerprint density at radius 2 is 1.91 bits per heavy atom. The zero-order valence-electron chi connectivity index (χ0n) is 12.9. The van der Waals surface area contributed by atoms with Crippen molar-refractivity contribution in [2.45, 2.75) is 27.3 Å². The fourth-order valence-corrected chi connectivity index (χ4v) is 2.13. The number of anilines is 1. The molecule has 0 spiro atoms. The van der Waals surface area contributed by atoms with Gasteiger partial charge in [-0.3, -0.25) is 4.79 Å². The summed E-state index contributed by atoms with van der Waals surface area (Å²) in [7, 11) is 0. The van der Waals surface area contributed by atoms with Crippen LogP contribution in [0.4, 0.5) is 5.69 Å². The van der Waals surface area contributed by atoms with Crippen LogP contribution < -0.4 is 11.3 Å². The van der Waals surface area contributed by atoms with Crippen molar-refractivity contribution in [3.8, 4) is 11.3 Å². The lowest BCUT2D eigenvalue weighted by Crippen LogP contribution is -2.29. The smallest absolute Gasteiger partial charge is 0.342 e. The minimum Gasteiger partial charge on any atom is -0.462 e. The van der Waals surface area contributed by atoms with Crippen LogP contribution in [0.15, 0.2) is 29.1 Å². The Labute approximate surface area is 128 Å².